The van der Waals surface area contributed by atoms with Crippen molar-refractivity contribution in [2.75, 3.05) is 7.05 Å². The summed E-state index contributed by atoms with van der Waals surface area (Å²) in [7, 11) is 1.79. The average molecular weight is 232 g/mol. The molecule has 1 aromatic heterocycles. The molecule has 0 aliphatic rings. The highest BCUT2D eigenvalue weighted by Crippen LogP contribution is 2.14. The molecule has 0 aromatic carbocycles. The Bertz CT molecular complexity index is 390. The van der Waals surface area contributed by atoms with Crippen LogP contribution in [0.5, 0.6) is 0 Å². The fraction of sp³-hybridized carbons (Fsp3) is 0.429. The molecule has 0 fully saturated rings. The van der Waals surface area contributed by atoms with E-state index in [0.29, 0.717) is 6.54 Å². The second-order valence-electron chi connectivity index (χ2n) is 5.25. The molecule has 0 aliphatic carbocycles. The van der Waals surface area contributed by atoms with Gasteiger partial charge in [0.15, 0.2) is 0 Å². The molecular formula is C14H20N2O. The summed E-state index contributed by atoms with van der Waals surface area (Å²) in [5, 5.41) is 0. The largest absolute Gasteiger partial charge is 0.338 e. The van der Waals surface area contributed by atoms with Gasteiger partial charge in [-0.25, -0.2) is 0 Å². The standard InChI is InChI=1S/C14H20N2O/c1-14(2,3)8-7-13(17)16(4)11-12-6-5-9-15-10-12/h5-10H,11H2,1-4H3/b8-7+. The topological polar surface area (TPSA) is 33.2 Å². The number of carbonyl (C=O) groups excluding carboxylic acids is 1. The minimum absolute atomic E-state index is 0.0174. The number of pyridine rings is 1. The lowest BCUT2D eigenvalue weighted by molar-refractivity contribution is -0.125. The van der Waals surface area contributed by atoms with Crippen LogP contribution in [0.1, 0.15) is 26.3 Å². The van der Waals surface area contributed by atoms with E-state index in [1.807, 2.05) is 18.2 Å². The molecule has 0 atom stereocenters. The molecule has 0 spiro atoms. The molecule has 0 unspecified atom stereocenters. The predicted octanol–water partition coefficient (Wildman–Crippen LogP) is 2.64. The third kappa shape index (κ3) is 5.29. The van der Waals surface area contributed by atoms with Crippen molar-refractivity contribution in [3.05, 3.63) is 42.2 Å². The van der Waals surface area contributed by atoms with Gasteiger partial charge >= 0.3 is 0 Å². The Hall–Kier alpha value is -1.64. The first-order valence-electron chi connectivity index (χ1n) is 5.72. The van der Waals surface area contributed by atoms with Gasteiger partial charge in [0.05, 0.1) is 0 Å². The third-order valence-electron chi connectivity index (χ3n) is 2.24. The number of rotatable bonds is 3. The van der Waals surface area contributed by atoms with Crippen molar-refractivity contribution >= 4 is 5.91 Å². The number of aromatic nitrogens is 1. The Morgan fingerprint density at radius 1 is 1.47 bits per heavy atom. The quantitative estimate of drug-likeness (QED) is 0.751. The lowest BCUT2D eigenvalue weighted by Gasteiger charge is -2.16. The number of likely N-dealkylation sites (N-methyl/N-ethyl adjacent to an activating group) is 1. The van der Waals surface area contributed by atoms with Gasteiger partial charge in [-0.2, -0.15) is 0 Å². The summed E-state index contributed by atoms with van der Waals surface area (Å²) in [4.78, 5) is 17.5. The molecule has 92 valence electrons. The lowest BCUT2D eigenvalue weighted by Crippen LogP contribution is -2.24. The maximum absolute atomic E-state index is 11.8. The van der Waals surface area contributed by atoms with Gasteiger partial charge in [0, 0.05) is 26.0 Å². The van der Waals surface area contributed by atoms with Gasteiger partial charge in [0.1, 0.15) is 0 Å². The third-order valence-corrected chi connectivity index (χ3v) is 2.24. The second-order valence-corrected chi connectivity index (χ2v) is 5.25. The summed E-state index contributed by atoms with van der Waals surface area (Å²) in [5.41, 5.74) is 1.07. The summed E-state index contributed by atoms with van der Waals surface area (Å²) >= 11 is 0. The van der Waals surface area contributed by atoms with Crippen LogP contribution in [0.15, 0.2) is 36.7 Å². The zero-order valence-corrected chi connectivity index (χ0v) is 11.0. The van der Waals surface area contributed by atoms with Gasteiger partial charge in [-0.1, -0.05) is 32.9 Å². The molecule has 0 radical (unpaired) electrons. The van der Waals surface area contributed by atoms with Crippen molar-refractivity contribution in [3.8, 4) is 0 Å². The number of hydrogen-bond donors (Lipinski definition) is 0. The first kappa shape index (κ1) is 13.4. The van der Waals surface area contributed by atoms with E-state index in [1.165, 1.54) is 0 Å². The molecule has 0 aliphatic heterocycles. The van der Waals surface area contributed by atoms with Crippen LogP contribution in [0.3, 0.4) is 0 Å². The summed E-state index contributed by atoms with van der Waals surface area (Å²) < 4.78 is 0. The van der Waals surface area contributed by atoms with Crippen LogP contribution in [0.4, 0.5) is 0 Å². The fourth-order valence-corrected chi connectivity index (χ4v) is 1.29. The molecule has 0 N–H and O–H groups in total. The first-order chi connectivity index (χ1) is 7.88. The van der Waals surface area contributed by atoms with Crippen molar-refractivity contribution in [3.63, 3.8) is 0 Å². The molecule has 0 bridgehead atoms. The van der Waals surface area contributed by atoms with E-state index >= 15 is 0 Å². The Labute approximate surface area is 103 Å². The monoisotopic (exact) mass is 232 g/mol. The summed E-state index contributed by atoms with van der Waals surface area (Å²) in [6, 6.07) is 3.84. The molecule has 3 heteroatoms. The van der Waals surface area contributed by atoms with Crippen molar-refractivity contribution in [1.82, 2.24) is 9.88 Å². The molecule has 17 heavy (non-hydrogen) atoms. The summed E-state index contributed by atoms with van der Waals surface area (Å²) in [5.74, 6) is 0.0174. The van der Waals surface area contributed by atoms with Gasteiger partial charge in [-0.05, 0) is 23.1 Å². The van der Waals surface area contributed by atoms with Gasteiger partial charge < -0.3 is 4.90 Å². The Morgan fingerprint density at radius 3 is 2.71 bits per heavy atom. The zero-order valence-electron chi connectivity index (χ0n) is 11.0. The second kappa shape index (κ2) is 5.62. The lowest BCUT2D eigenvalue weighted by atomic mass is 9.96. The minimum atomic E-state index is 0.0174. The van der Waals surface area contributed by atoms with E-state index in [0.717, 1.165) is 5.56 Å². The maximum Gasteiger partial charge on any atom is 0.246 e. The van der Waals surface area contributed by atoms with Crippen molar-refractivity contribution in [1.29, 1.82) is 0 Å². The highest BCUT2D eigenvalue weighted by Gasteiger charge is 2.09. The number of nitrogens with zero attached hydrogens (tertiary/aromatic N) is 2. The van der Waals surface area contributed by atoms with Gasteiger partial charge in [-0.3, -0.25) is 9.78 Å². The Kier molecular flexibility index (Phi) is 4.44. The minimum Gasteiger partial charge on any atom is -0.338 e. The van der Waals surface area contributed by atoms with Crippen LogP contribution in [-0.4, -0.2) is 22.8 Å². The van der Waals surface area contributed by atoms with Crippen LogP contribution < -0.4 is 0 Å². The van der Waals surface area contributed by atoms with Crippen molar-refractivity contribution in [2.24, 2.45) is 5.41 Å². The van der Waals surface area contributed by atoms with Crippen LogP contribution in [-0.2, 0) is 11.3 Å². The highest BCUT2D eigenvalue weighted by atomic mass is 16.2. The molecule has 1 heterocycles. The van der Waals surface area contributed by atoms with Gasteiger partial charge in [-0.15, -0.1) is 0 Å². The first-order valence-corrected chi connectivity index (χ1v) is 5.72. The van der Waals surface area contributed by atoms with Gasteiger partial charge in [0.25, 0.3) is 0 Å². The number of amides is 1. The average Bonchev–Trinajstić information content (AvgIpc) is 2.26. The normalized spacial score (nSPS) is 11.8. The Morgan fingerprint density at radius 2 is 2.18 bits per heavy atom. The van der Waals surface area contributed by atoms with Crippen LogP contribution in [0.2, 0.25) is 0 Å². The smallest absolute Gasteiger partial charge is 0.246 e. The van der Waals surface area contributed by atoms with Gasteiger partial charge in [0.2, 0.25) is 5.91 Å². The van der Waals surface area contributed by atoms with E-state index in [9.17, 15) is 4.79 Å². The van der Waals surface area contributed by atoms with Crippen LogP contribution in [0, 0.1) is 5.41 Å². The molecule has 1 rings (SSSR count). The SMILES string of the molecule is CN(Cc1cccnc1)C(=O)/C=C/C(C)(C)C. The molecular weight excluding hydrogens is 212 g/mol. The van der Waals surface area contributed by atoms with Crippen LogP contribution in [0.25, 0.3) is 0 Å². The van der Waals surface area contributed by atoms with E-state index in [-0.39, 0.29) is 11.3 Å². The molecule has 1 amide bonds. The molecule has 3 nitrogen and oxygen atoms in total. The van der Waals surface area contributed by atoms with Crippen molar-refractivity contribution in [2.45, 2.75) is 27.3 Å². The molecule has 1 aromatic rings. The summed E-state index contributed by atoms with van der Waals surface area (Å²) in [6.07, 6.45) is 7.06. The Balaban J connectivity index is 2.57. The number of carbonyl (C=O) groups is 1. The molecule has 0 saturated heterocycles. The highest BCUT2D eigenvalue weighted by molar-refractivity contribution is 5.87. The zero-order chi connectivity index (χ0) is 12.9. The van der Waals surface area contributed by atoms with E-state index < -0.39 is 0 Å². The molecule has 0 saturated carbocycles. The fourth-order valence-electron chi connectivity index (χ4n) is 1.29. The van der Waals surface area contributed by atoms with Crippen LogP contribution >= 0.6 is 0 Å². The van der Waals surface area contributed by atoms with Crippen molar-refractivity contribution < 1.29 is 4.79 Å². The number of hydrogen-bond acceptors (Lipinski definition) is 2. The van der Waals surface area contributed by atoms with E-state index in [2.05, 4.69) is 25.8 Å². The van der Waals surface area contributed by atoms with E-state index in [4.69, 9.17) is 0 Å². The summed E-state index contributed by atoms with van der Waals surface area (Å²) in [6.45, 7) is 6.79. The maximum atomic E-state index is 11.8. The number of allylic oxidation sites excluding steroid dienone is 1. The van der Waals surface area contributed by atoms with E-state index in [1.54, 1.807) is 30.4 Å². The predicted molar refractivity (Wildman–Crippen MR) is 69.3 cm³/mol.